The molecule has 0 aliphatic rings. The molecule has 0 saturated heterocycles. The Bertz CT molecular complexity index is 839. The van der Waals surface area contributed by atoms with Crippen LogP contribution in [0.15, 0.2) is 72.8 Å². The molecular formula is C18H12N3. The highest BCUT2D eigenvalue weighted by molar-refractivity contribution is 5.83. The second-order valence-corrected chi connectivity index (χ2v) is 4.78. The maximum absolute atomic E-state index is 4.69. The third kappa shape index (κ3) is 2.35. The molecule has 0 unspecified atom stereocenters. The lowest BCUT2D eigenvalue weighted by molar-refractivity contribution is 1.32. The van der Waals surface area contributed by atoms with Crippen LogP contribution < -0.4 is 6.15 Å². The second-order valence-electron chi connectivity index (χ2n) is 4.78. The van der Waals surface area contributed by atoms with E-state index in [1.165, 1.54) is 0 Å². The van der Waals surface area contributed by atoms with Crippen LogP contribution in [0.1, 0.15) is 0 Å². The first-order valence-electron chi connectivity index (χ1n) is 6.62. The van der Waals surface area contributed by atoms with Gasteiger partial charge < -0.3 is 0 Å². The van der Waals surface area contributed by atoms with Crippen molar-refractivity contribution in [1.82, 2.24) is 16.1 Å². The Kier molecular flexibility index (Phi) is 3.34. The average molecular weight is 270 g/mol. The van der Waals surface area contributed by atoms with Gasteiger partial charge in [-0.25, -0.2) is 9.97 Å². The number of rotatable bonds is 1. The third-order valence-corrected chi connectivity index (χ3v) is 3.46. The Balaban J connectivity index is 0.00000132. The van der Waals surface area contributed by atoms with Gasteiger partial charge in [0.15, 0.2) is 0 Å². The smallest absolute Gasteiger partial charge is 0.0894 e. The molecular weight excluding hydrogens is 258 g/mol. The van der Waals surface area contributed by atoms with Crippen molar-refractivity contribution >= 4 is 21.8 Å². The van der Waals surface area contributed by atoms with Crippen LogP contribution in [-0.2, 0) is 0 Å². The number of fused-ring (bicyclic) bond motifs is 2. The minimum atomic E-state index is 0. The summed E-state index contributed by atoms with van der Waals surface area (Å²) in [5.41, 5.74) is 3.82. The van der Waals surface area contributed by atoms with E-state index in [9.17, 15) is 0 Å². The second kappa shape index (κ2) is 5.31. The van der Waals surface area contributed by atoms with E-state index in [0.717, 1.165) is 33.2 Å². The SMILES string of the molecule is [N].c1ccc2nc(-c3ccc4ccccc4n3)ccc2c1. The molecule has 0 aliphatic heterocycles. The van der Waals surface area contributed by atoms with Crippen molar-refractivity contribution in [3.8, 4) is 11.4 Å². The first-order valence-corrected chi connectivity index (χ1v) is 6.62. The Morgan fingerprint density at radius 1 is 0.476 bits per heavy atom. The van der Waals surface area contributed by atoms with Gasteiger partial charge in [0.05, 0.1) is 22.4 Å². The number of nitrogens with zero attached hydrogens (tertiary/aromatic N) is 3. The molecule has 2 aromatic carbocycles. The summed E-state index contributed by atoms with van der Waals surface area (Å²) in [7, 11) is 0. The van der Waals surface area contributed by atoms with Gasteiger partial charge in [0.2, 0.25) is 0 Å². The number of pyridine rings is 2. The molecule has 3 radical (unpaired) electrons. The third-order valence-electron chi connectivity index (χ3n) is 3.46. The first kappa shape index (κ1) is 13.2. The molecule has 0 atom stereocenters. The molecule has 0 N–H and O–H groups in total. The molecule has 21 heavy (non-hydrogen) atoms. The molecule has 2 aromatic heterocycles. The van der Waals surface area contributed by atoms with Gasteiger partial charge in [-0.05, 0) is 24.3 Å². The van der Waals surface area contributed by atoms with E-state index in [-0.39, 0.29) is 6.15 Å². The maximum atomic E-state index is 4.69. The molecule has 0 fully saturated rings. The first-order chi connectivity index (χ1) is 9.90. The van der Waals surface area contributed by atoms with Crippen LogP contribution in [0.2, 0.25) is 0 Å². The summed E-state index contributed by atoms with van der Waals surface area (Å²) < 4.78 is 0. The van der Waals surface area contributed by atoms with Crippen molar-refractivity contribution in [2.75, 3.05) is 0 Å². The van der Waals surface area contributed by atoms with E-state index in [1.807, 2.05) is 48.5 Å². The summed E-state index contributed by atoms with van der Waals surface area (Å²) >= 11 is 0. The Morgan fingerprint density at radius 3 is 1.38 bits per heavy atom. The van der Waals surface area contributed by atoms with Crippen LogP contribution in [0.5, 0.6) is 0 Å². The number of hydrogen-bond donors (Lipinski definition) is 0. The Labute approximate surface area is 122 Å². The monoisotopic (exact) mass is 270 g/mol. The van der Waals surface area contributed by atoms with Gasteiger partial charge in [0.25, 0.3) is 0 Å². The topological polar surface area (TPSA) is 56.3 Å². The highest BCUT2D eigenvalue weighted by Gasteiger charge is 2.03. The molecule has 0 amide bonds. The van der Waals surface area contributed by atoms with Crippen LogP contribution in [0.25, 0.3) is 33.2 Å². The number of hydrogen-bond acceptors (Lipinski definition) is 2. The lowest BCUT2D eigenvalue weighted by Gasteiger charge is -2.04. The molecule has 2 heterocycles. The highest BCUT2D eigenvalue weighted by Crippen LogP contribution is 2.21. The van der Waals surface area contributed by atoms with Crippen molar-refractivity contribution in [2.45, 2.75) is 0 Å². The van der Waals surface area contributed by atoms with Gasteiger partial charge in [-0.3, -0.25) is 0 Å². The normalized spacial score (nSPS) is 10.5. The summed E-state index contributed by atoms with van der Waals surface area (Å²) in [5, 5.41) is 2.30. The van der Waals surface area contributed by atoms with Crippen molar-refractivity contribution in [3.63, 3.8) is 0 Å². The zero-order valence-corrected chi connectivity index (χ0v) is 11.3. The zero-order valence-electron chi connectivity index (χ0n) is 11.3. The predicted octanol–water partition coefficient (Wildman–Crippen LogP) is 3.97. The molecule has 99 valence electrons. The zero-order chi connectivity index (χ0) is 13.4. The van der Waals surface area contributed by atoms with Gasteiger partial charge in [0.1, 0.15) is 0 Å². The molecule has 4 aromatic rings. The summed E-state index contributed by atoms with van der Waals surface area (Å²) in [6, 6.07) is 24.5. The van der Waals surface area contributed by atoms with Crippen molar-refractivity contribution in [2.24, 2.45) is 0 Å². The Hall–Kier alpha value is -2.78. The summed E-state index contributed by atoms with van der Waals surface area (Å²) in [6.45, 7) is 0. The summed E-state index contributed by atoms with van der Waals surface area (Å²) in [6.07, 6.45) is 0. The van der Waals surface area contributed by atoms with Gasteiger partial charge in [-0.1, -0.05) is 48.5 Å². The quantitative estimate of drug-likeness (QED) is 0.525. The van der Waals surface area contributed by atoms with Gasteiger partial charge >= 0.3 is 0 Å². The van der Waals surface area contributed by atoms with Crippen LogP contribution >= 0.6 is 0 Å². The van der Waals surface area contributed by atoms with E-state index >= 15 is 0 Å². The van der Waals surface area contributed by atoms with Gasteiger partial charge in [-0.2, -0.15) is 0 Å². The van der Waals surface area contributed by atoms with E-state index in [0.29, 0.717) is 0 Å². The molecule has 4 rings (SSSR count). The fourth-order valence-corrected chi connectivity index (χ4v) is 2.42. The number of para-hydroxylation sites is 2. The molecule has 0 bridgehead atoms. The number of benzene rings is 2. The summed E-state index contributed by atoms with van der Waals surface area (Å²) in [5.74, 6) is 0. The number of aromatic nitrogens is 2. The largest absolute Gasteiger partial charge is 0.246 e. The van der Waals surface area contributed by atoms with E-state index in [2.05, 4.69) is 34.2 Å². The molecule has 0 saturated carbocycles. The molecule has 3 nitrogen and oxygen atoms in total. The highest BCUT2D eigenvalue weighted by atomic mass is 14.8. The Morgan fingerprint density at radius 2 is 0.905 bits per heavy atom. The fourth-order valence-electron chi connectivity index (χ4n) is 2.42. The van der Waals surface area contributed by atoms with E-state index in [1.54, 1.807) is 0 Å². The fraction of sp³-hybridized carbons (Fsp3) is 0. The van der Waals surface area contributed by atoms with Crippen LogP contribution in [0.4, 0.5) is 0 Å². The lowest BCUT2D eigenvalue weighted by atomic mass is 10.1. The minimum Gasteiger partial charge on any atom is -0.246 e. The maximum Gasteiger partial charge on any atom is 0.0894 e. The van der Waals surface area contributed by atoms with Crippen LogP contribution in [0, 0.1) is 0 Å². The molecule has 3 heteroatoms. The van der Waals surface area contributed by atoms with Crippen molar-refractivity contribution in [3.05, 3.63) is 72.8 Å². The summed E-state index contributed by atoms with van der Waals surface area (Å²) in [4.78, 5) is 9.38. The van der Waals surface area contributed by atoms with Crippen molar-refractivity contribution < 1.29 is 0 Å². The van der Waals surface area contributed by atoms with Crippen LogP contribution in [0.3, 0.4) is 0 Å². The van der Waals surface area contributed by atoms with Crippen molar-refractivity contribution in [1.29, 1.82) is 0 Å². The molecule has 0 aliphatic carbocycles. The molecule has 0 spiro atoms. The van der Waals surface area contributed by atoms with E-state index in [4.69, 9.17) is 0 Å². The lowest BCUT2D eigenvalue weighted by Crippen LogP contribution is -1.89. The average Bonchev–Trinajstić information content (AvgIpc) is 2.54. The van der Waals surface area contributed by atoms with Gasteiger partial charge in [-0.15, -0.1) is 0 Å². The van der Waals surface area contributed by atoms with Gasteiger partial charge in [0, 0.05) is 16.9 Å². The van der Waals surface area contributed by atoms with E-state index < -0.39 is 0 Å². The van der Waals surface area contributed by atoms with Crippen LogP contribution in [-0.4, -0.2) is 9.97 Å². The standard InChI is InChI=1S/C18H12N2.N/c1-3-7-15-13(5-1)9-11-17(19-15)18-12-10-14-6-2-4-8-16(14)20-18;/h1-12H;. The minimum absolute atomic E-state index is 0. The predicted molar refractivity (Wildman–Crippen MR) is 84.6 cm³/mol.